The monoisotopic (exact) mass is 449 g/mol. The Balaban J connectivity index is 1.45. The number of carbonyl (C=O) groups is 1. The van der Waals surface area contributed by atoms with Crippen molar-refractivity contribution >= 4 is 34.5 Å². The van der Waals surface area contributed by atoms with Crippen LogP contribution in [0.25, 0.3) is 10.8 Å². The van der Waals surface area contributed by atoms with E-state index in [0.717, 1.165) is 23.4 Å². The third-order valence-corrected chi connectivity index (χ3v) is 6.53. The Hall–Kier alpha value is -2.89. The van der Waals surface area contributed by atoms with Gasteiger partial charge in [0.05, 0.1) is 11.2 Å². The van der Waals surface area contributed by atoms with Crippen molar-refractivity contribution in [3.8, 4) is 5.75 Å². The molecule has 32 heavy (non-hydrogen) atoms. The van der Waals surface area contributed by atoms with Crippen molar-refractivity contribution in [3.05, 3.63) is 76.3 Å². The average molecular weight is 450 g/mol. The zero-order valence-corrected chi connectivity index (χ0v) is 18.9. The van der Waals surface area contributed by atoms with Gasteiger partial charge in [0.2, 0.25) is 0 Å². The van der Waals surface area contributed by atoms with Crippen LogP contribution in [-0.4, -0.2) is 23.3 Å². The van der Waals surface area contributed by atoms with Crippen LogP contribution in [0.2, 0.25) is 5.02 Å². The second kappa shape index (κ2) is 10.2. The Bertz CT molecular complexity index is 1140. The van der Waals surface area contributed by atoms with Crippen LogP contribution in [0.3, 0.4) is 0 Å². The van der Waals surface area contributed by atoms with Gasteiger partial charge in [0.25, 0.3) is 5.91 Å². The molecule has 1 amide bonds. The fourth-order valence-electron chi connectivity index (χ4n) is 4.24. The van der Waals surface area contributed by atoms with Gasteiger partial charge in [0.15, 0.2) is 0 Å². The van der Waals surface area contributed by atoms with Gasteiger partial charge in [0, 0.05) is 23.7 Å². The van der Waals surface area contributed by atoms with Crippen molar-refractivity contribution in [3.63, 3.8) is 0 Å². The number of hydrogen-bond acceptors (Lipinski definition) is 4. The number of phenols is 1. The normalized spacial score (nSPS) is 18.8. The maximum Gasteiger partial charge on any atom is 0.271 e. The lowest BCUT2D eigenvalue weighted by molar-refractivity contribution is 0.0955. The summed E-state index contributed by atoms with van der Waals surface area (Å²) in [5.41, 5.74) is 5.04. The number of carbonyl (C=O) groups excluding carboxylic acids is 1. The molecule has 3 aromatic rings. The van der Waals surface area contributed by atoms with Crippen molar-refractivity contribution in [2.45, 2.75) is 45.2 Å². The minimum atomic E-state index is -0.393. The van der Waals surface area contributed by atoms with Gasteiger partial charge in [-0.3, -0.25) is 4.79 Å². The van der Waals surface area contributed by atoms with E-state index in [1.165, 1.54) is 54.8 Å². The molecular weight excluding hydrogens is 422 g/mol. The molecule has 0 unspecified atom stereocenters. The van der Waals surface area contributed by atoms with Gasteiger partial charge in [0.1, 0.15) is 5.75 Å². The van der Waals surface area contributed by atoms with Gasteiger partial charge in [-0.25, -0.2) is 5.43 Å². The molecule has 0 saturated heterocycles. The topological polar surface area (TPSA) is 73.7 Å². The average Bonchev–Trinajstić information content (AvgIpc) is 2.81. The summed E-state index contributed by atoms with van der Waals surface area (Å²) in [6.45, 7) is 3.18. The van der Waals surface area contributed by atoms with Crippen LogP contribution < -0.4 is 10.7 Å². The molecule has 6 heteroatoms. The number of fused-ring (bicyclic) bond motifs is 1. The lowest BCUT2D eigenvalue weighted by atomic mass is 9.87. The number of nitrogens with one attached hydrogen (secondary N) is 2. The molecule has 0 bridgehead atoms. The van der Waals surface area contributed by atoms with E-state index >= 15 is 0 Å². The minimum absolute atomic E-state index is 0.0641. The zero-order chi connectivity index (χ0) is 22.5. The summed E-state index contributed by atoms with van der Waals surface area (Å²) in [6.07, 6.45) is 6.75. The van der Waals surface area contributed by atoms with Gasteiger partial charge in [-0.1, -0.05) is 54.9 Å². The van der Waals surface area contributed by atoms with Crippen LogP contribution in [0.1, 0.15) is 54.1 Å². The van der Waals surface area contributed by atoms with Crippen LogP contribution in [0, 0.1) is 5.92 Å². The molecule has 3 N–H and O–H groups in total. The zero-order valence-electron chi connectivity index (χ0n) is 18.1. The van der Waals surface area contributed by atoms with Crippen LogP contribution in [0.5, 0.6) is 5.75 Å². The van der Waals surface area contributed by atoms with E-state index in [1.54, 1.807) is 6.21 Å². The lowest BCUT2D eigenvalue weighted by Gasteiger charge is -2.27. The van der Waals surface area contributed by atoms with E-state index in [-0.39, 0.29) is 10.8 Å². The Morgan fingerprint density at radius 1 is 1.09 bits per heavy atom. The summed E-state index contributed by atoms with van der Waals surface area (Å²) in [6, 6.07) is 17.3. The highest BCUT2D eigenvalue weighted by Gasteiger charge is 2.18. The number of aromatic hydroxyl groups is 1. The van der Waals surface area contributed by atoms with Gasteiger partial charge >= 0.3 is 0 Å². The second-order valence-electron chi connectivity index (χ2n) is 8.56. The molecule has 0 aromatic heterocycles. The van der Waals surface area contributed by atoms with Gasteiger partial charge in [-0.15, -0.1) is 0 Å². The van der Waals surface area contributed by atoms with Crippen LogP contribution in [0.4, 0.5) is 0 Å². The van der Waals surface area contributed by atoms with Crippen LogP contribution in [-0.2, 0) is 6.54 Å². The van der Waals surface area contributed by atoms with Crippen molar-refractivity contribution in [1.29, 1.82) is 0 Å². The number of phenolic OH excluding ortho intramolecular Hbond substituents is 1. The first-order chi connectivity index (χ1) is 15.5. The lowest BCUT2D eigenvalue weighted by Crippen LogP contribution is -2.32. The van der Waals surface area contributed by atoms with E-state index < -0.39 is 5.91 Å². The van der Waals surface area contributed by atoms with Crippen molar-refractivity contribution < 1.29 is 9.90 Å². The second-order valence-corrected chi connectivity index (χ2v) is 8.97. The van der Waals surface area contributed by atoms with E-state index in [2.05, 4.69) is 41.0 Å². The minimum Gasteiger partial charge on any atom is -0.506 e. The predicted octanol–water partition coefficient (Wildman–Crippen LogP) is 5.63. The maximum atomic E-state index is 12.3. The third kappa shape index (κ3) is 5.29. The highest BCUT2D eigenvalue weighted by atomic mass is 35.5. The Morgan fingerprint density at radius 3 is 2.59 bits per heavy atom. The first kappa shape index (κ1) is 22.3. The number of rotatable bonds is 6. The summed E-state index contributed by atoms with van der Waals surface area (Å²) in [4.78, 5) is 12.3. The molecule has 0 heterocycles. The Kier molecular flexibility index (Phi) is 7.08. The number of amides is 1. The third-order valence-electron chi connectivity index (χ3n) is 6.22. The number of halogens is 1. The van der Waals surface area contributed by atoms with Crippen molar-refractivity contribution in [2.24, 2.45) is 11.0 Å². The molecule has 1 aliphatic rings. The molecule has 1 saturated carbocycles. The molecule has 0 atom stereocenters. The van der Waals surface area contributed by atoms with Crippen molar-refractivity contribution in [2.75, 3.05) is 0 Å². The first-order valence-corrected chi connectivity index (χ1v) is 11.4. The SMILES string of the molecule is CC1CCC(NCc2ccc(/C=N/NC(=O)c3ccc(O)c(Cl)c3)c3ccccc23)CC1. The molecule has 3 aromatic carbocycles. The van der Waals surface area contributed by atoms with E-state index in [9.17, 15) is 9.90 Å². The number of hydrogen-bond donors (Lipinski definition) is 3. The highest BCUT2D eigenvalue weighted by molar-refractivity contribution is 6.32. The number of hydrazone groups is 1. The standard InChI is InChI=1S/C26H28ClN3O2/c1-17-6-11-21(12-7-17)28-15-19-8-9-20(23-5-3-2-4-22(19)23)16-29-30-26(32)18-10-13-25(31)24(27)14-18/h2-5,8-10,13-14,16-17,21,28,31H,6-7,11-12,15H2,1H3,(H,30,32)/b29-16+. The number of benzene rings is 3. The molecule has 1 fully saturated rings. The fraction of sp³-hybridized carbons (Fsp3) is 0.308. The van der Waals surface area contributed by atoms with E-state index in [1.807, 2.05) is 18.2 Å². The van der Waals surface area contributed by atoms with Crippen LogP contribution >= 0.6 is 11.6 Å². The van der Waals surface area contributed by atoms with Crippen LogP contribution in [0.15, 0.2) is 59.7 Å². The van der Waals surface area contributed by atoms with Gasteiger partial charge in [-0.2, -0.15) is 5.10 Å². The van der Waals surface area contributed by atoms with Gasteiger partial charge in [-0.05, 0) is 66.1 Å². The molecule has 0 spiro atoms. The maximum absolute atomic E-state index is 12.3. The molecule has 1 aliphatic carbocycles. The molecule has 0 aliphatic heterocycles. The molecule has 4 rings (SSSR count). The largest absolute Gasteiger partial charge is 0.506 e. The first-order valence-electron chi connectivity index (χ1n) is 11.1. The van der Waals surface area contributed by atoms with Crippen molar-refractivity contribution in [1.82, 2.24) is 10.7 Å². The molecular formula is C26H28ClN3O2. The summed E-state index contributed by atoms with van der Waals surface area (Å²) < 4.78 is 0. The Morgan fingerprint density at radius 2 is 1.84 bits per heavy atom. The highest BCUT2D eigenvalue weighted by Crippen LogP contribution is 2.26. The molecule has 5 nitrogen and oxygen atoms in total. The molecule has 0 radical (unpaired) electrons. The fourth-order valence-corrected chi connectivity index (χ4v) is 4.42. The summed E-state index contributed by atoms with van der Waals surface area (Å²) in [7, 11) is 0. The van der Waals surface area contributed by atoms with Gasteiger partial charge < -0.3 is 10.4 Å². The molecule has 166 valence electrons. The van der Waals surface area contributed by atoms with E-state index in [0.29, 0.717) is 11.6 Å². The summed E-state index contributed by atoms with van der Waals surface area (Å²) in [5.74, 6) is 0.389. The Labute approximate surface area is 193 Å². The summed E-state index contributed by atoms with van der Waals surface area (Å²) >= 11 is 5.88. The van der Waals surface area contributed by atoms with E-state index in [4.69, 9.17) is 11.6 Å². The quantitative estimate of drug-likeness (QED) is 0.337. The summed E-state index contributed by atoms with van der Waals surface area (Å²) in [5, 5.41) is 19.8. The smallest absolute Gasteiger partial charge is 0.271 e. The number of nitrogens with zero attached hydrogens (tertiary/aromatic N) is 1. The predicted molar refractivity (Wildman–Crippen MR) is 130 cm³/mol.